The van der Waals surface area contributed by atoms with Crippen LogP contribution in [0.15, 0.2) is 36.7 Å². The van der Waals surface area contributed by atoms with Gasteiger partial charge in [-0.2, -0.15) is 0 Å². The lowest BCUT2D eigenvalue weighted by atomic mass is 10.3. The number of nitrogens with zero attached hydrogens (tertiary/aromatic N) is 2. The van der Waals surface area contributed by atoms with E-state index in [1.165, 1.54) is 6.20 Å². The number of para-hydroxylation sites is 1. The van der Waals surface area contributed by atoms with Crippen LogP contribution in [0, 0.1) is 3.57 Å². The fourth-order valence-electron chi connectivity index (χ4n) is 1.54. The normalized spacial score (nSPS) is 10.1. The van der Waals surface area contributed by atoms with Gasteiger partial charge < -0.3 is 10.6 Å². The monoisotopic (exact) mass is 382 g/mol. The zero-order valence-electron chi connectivity index (χ0n) is 11.1. The van der Waals surface area contributed by atoms with Gasteiger partial charge in [0.2, 0.25) is 0 Å². The molecule has 0 spiro atoms. The smallest absolute Gasteiger partial charge is 0.275 e. The molecule has 1 heterocycles. The van der Waals surface area contributed by atoms with E-state index in [-0.39, 0.29) is 5.91 Å². The van der Waals surface area contributed by atoms with Crippen LogP contribution in [0.1, 0.15) is 23.8 Å². The summed E-state index contributed by atoms with van der Waals surface area (Å²) in [7, 11) is 0. The van der Waals surface area contributed by atoms with Gasteiger partial charge in [-0.3, -0.25) is 4.79 Å². The maximum absolute atomic E-state index is 12.1. The lowest BCUT2D eigenvalue weighted by Crippen LogP contribution is -2.15. The topological polar surface area (TPSA) is 66.9 Å². The van der Waals surface area contributed by atoms with E-state index in [1.807, 2.05) is 24.3 Å². The molecule has 6 heteroatoms. The maximum Gasteiger partial charge on any atom is 0.275 e. The van der Waals surface area contributed by atoms with Gasteiger partial charge in [-0.1, -0.05) is 19.1 Å². The number of amides is 1. The third kappa shape index (κ3) is 3.89. The van der Waals surface area contributed by atoms with Crippen LogP contribution in [-0.4, -0.2) is 22.4 Å². The summed E-state index contributed by atoms with van der Waals surface area (Å²) in [5.74, 6) is 0.418. The van der Waals surface area contributed by atoms with Gasteiger partial charge in [0.1, 0.15) is 11.5 Å². The summed E-state index contributed by atoms with van der Waals surface area (Å²) in [6.45, 7) is 2.91. The number of nitrogens with one attached hydrogen (secondary N) is 2. The molecule has 0 bridgehead atoms. The molecule has 2 aromatic rings. The van der Waals surface area contributed by atoms with Crippen LogP contribution in [-0.2, 0) is 0 Å². The van der Waals surface area contributed by atoms with Crippen molar-refractivity contribution in [3.05, 3.63) is 45.9 Å². The summed E-state index contributed by atoms with van der Waals surface area (Å²) in [6, 6.07) is 7.58. The fraction of sp³-hybridized carbons (Fsp3) is 0.214. The van der Waals surface area contributed by atoms with Crippen LogP contribution in [0.5, 0.6) is 0 Å². The molecule has 1 aromatic carbocycles. The number of hydrogen-bond acceptors (Lipinski definition) is 4. The summed E-state index contributed by atoms with van der Waals surface area (Å²) in [5, 5.41) is 5.93. The van der Waals surface area contributed by atoms with Crippen molar-refractivity contribution in [3.63, 3.8) is 0 Å². The Kier molecular flexibility index (Phi) is 5.28. The molecule has 0 atom stereocenters. The van der Waals surface area contributed by atoms with E-state index in [0.717, 1.165) is 22.2 Å². The number of hydrogen-bond donors (Lipinski definition) is 2. The number of rotatable bonds is 5. The second kappa shape index (κ2) is 7.18. The molecule has 0 aliphatic rings. The average molecular weight is 382 g/mol. The van der Waals surface area contributed by atoms with Crippen molar-refractivity contribution < 1.29 is 4.79 Å². The van der Waals surface area contributed by atoms with Gasteiger partial charge in [-0.25, -0.2) is 9.97 Å². The molecule has 1 amide bonds. The molecule has 104 valence electrons. The number of carbonyl (C=O) groups is 1. The van der Waals surface area contributed by atoms with Gasteiger partial charge in [0.15, 0.2) is 0 Å². The van der Waals surface area contributed by atoms with E-state index in [4.69, 9.17) is 0 Å². The van der Waals surface area contributed by atoms with E-state index in [9.17, 15) is 4.79 Å². The second-order valence-corrected chi connectivity index (χ2v) is 5.31. The Labute approximate surface area is 131 Å². The van der Waals surface area contributed by atoms with E-state index in [0.29, 0.717) is 11.5 Å². The Bertz CT molecular complexity index is 586. The van der Waals surface area contributed by atoms with E-state index in [1.54, 1.807) is 6.20 Å². The third-order valence-corrected chi connectivity index (χ3v) is 3.50. The largest absolute Gasteiger partial charge is 0.369 e. The molecule has 0 fully saturated rings. The molecule has 0 saturated carbocycles. The molecular formula is C14H15IN4O. The molecule has 20 heavy (non-hydrogen) atoms. The Morgan fingerprint density at radius 2 is 2.05 bits per heavy atom. The lowest BCUT2D eigenvalue weighted by Gasteiger charge is -2.07. The first kappa shape index (κ1) is 14.7. The number of aromatic nitrogens is 2. The Morgan fingerprint density at radius 1 is 1.25 bits per heavy atom. The van der Waals surface area contributed by atoms with Crippen LogP contribution in [0.2, 0.25) is 0 Å². The van der Waals surface area contributed by atoms with Crippen molar-refractivity contribution in [2.45, 2.75) is 13.3 Å². The molecule has 2 rings (SSSR count). The van der Waals surface area contributed by atoms with Crippen LogP contribution in [0.4, 0.5) is 11.5 Å². The van der Waals surface area contributed by atoms with Gasteiger partial charge in [-0.05, 0) is 41.1 Å². The van der Waals surface area contributed by atoms with Gasteiger partial charge in [0.25, 0.3) is 5.91 Å². The van der Waals surface area contributed by atoms with E-state index < -0.39 is 0 Å². The minimum absolute atomic E-state index is 0.261. The molecule has 0 radical (unpaired) electrons. The van der Waals surface area contributed by atoms with Crippen molar-refractivity contribution in [1.82, 2.24) is 9.97 Å². The molecule has 0 aliphatic carbocycles. The highest BCUT2D eigenvalue weighted by atomic mass is 127. The molecule has 0 saturated heterocycles. The van der Waals surface area contributed by atoms with Crippen molar-refractivity contribution in [1.29, 1.82) is 0 Å². The highest BCUT2D eigenvalue weighted by Gasteiger charge is 2.09. The molecule has 0 unspecified atom stereocenters. The van der Waals surface area contributed by atoms with Crippen LogP contribution >= 0.6 is 22.6 Å². The Balaban J connectivity index is 2.04. The van der Waals surface area contributed by atoms with Crippen LogP contribution in [0.25, 0.3) is 0 Å². The van der Waals surface area contributed by atoms with Crippen molar-refractivity contribution in [3.8, 4) is 0 Å². The lowest BCUT2D eigenvalue weighted by molar-refractivity contribution is 0.102. The zero-order valence-corrected chi connectivity index (χ0v) is 13.2. The van der Waals surface area contributed by atoms with Crippen LogP contribution < -0.4 is 10.6 Å². The standard InChI is InChI=1S/C14H15IN4O/c1-2-7-16-13-9-17-12(8-18-13)14(20)19-11-6-4-3-5-10(11)15/h3-6,8-9H,2,7H2,1H3,(H,16,18)(H,19,20). The second-order valence-electron chi connectivity index (χ2n) is 4.15. The van der Waals surface area contributed by atoms with Gasteiger partial charge >= 0.3 is 0 Å². The molecule has 0 aliphatic heterocycles. The molecule has 5 nitrogen and oxygen atoms in total. The predicted molar refractivity (Wildman–Crippen MR) is 87.9 cm³/mol. The summed E-state index contributed by atoms with van der Waals surface area (Å²) in [4.78, 5) is 20.3. The van der Waals surface area contributed by atoms with Gasteiger partial charge in [-0.15, -0.1) is 0 Å². The minimum Gasteiger partial charge on any atom is -0.369 e. The summed E-state index contributed by atoms with van der Waals surface area (Å²) >= 11 is 2.17. The first-order valence-corrected chi connectivity index (χ1v) is 7.40. The van der Waals surface area contributed by atoms with Gasteiger partial charge in [0.05, 0.1) is 18.1 Å². The molecule has 2 N–H and O–H groups in total. The average Bonchev–Trinajstić information content (AvgIpc) is 2.48. The number of halogens is 1. The zero-order chi connectivity index (χ0) is 14.4. The minimum atomic E-state index is -0.261. The fourth-order valence-corrected chi connectivity index (χ4v) is 2.06. The Morgan fingerprint density at radius 3 is 2.70 bits per heavy atom. The highest BCUT2D eigenvalue weighted by Crippen LogP contribution is 2.17. The third-order valence-electron chi connectivity index (χ3n) is 2.56. The Hall–Kier alpha value is -1.70. The van der Waals surface area contributed by atoms with E-state index >= 15 is 0 Å². The van der Waals surface area contributed by atoms with Crippen molar-refractivity contribution in [2.75, 3.05) is 17.2 Å². The quantitative estimate of drug-likeness (QED) is 0.780. The summed E-state index contributed by atoms with van der Waals surface area (Å²) in [5.41, 5.74) is 1.07. The van der Waals surface area contributed by atoms with E-state index in [2.05, 4.69) is 50.1 Å². The number of anilines is 2. The summed E-state index contributed by atoms with van der Waals surface area (Å²) in [6.07, 6.45) is 4.06. The predicted octanol–water partition coefficient (Wildman–Crippen LogP) is 3.16. The highest BCUT2D eigenvalue weighted by molar-refractivity contribution is 14.1. The maximum atomic E-state index is 12.1. The van der Waals surface area contributed by atoms with Crippen LogP contribution in [0.3, 0.4) is 0 Å². The number of carbonyl (C=O) groups excluding carboxylic acids is 1. The van der Waals surface area contributed by atoms with Crippen molar-refractivity contribution in [2.24, 2.45) is 0 Å². The molecule has 1 aromatic heterocycles. The van der Waals surface area contributed by atoms with Crippen molar-refractivity contribution >= 4 is 40.0 Å². The van der Waals surface area contributed by atoms with Gasteiger partial charge in [0, 0.05) is 10.1 Å². The number of benzene rings is 1. The molecular weight excluding hydrogens is 367 g/mol. The SMILES string of the molecule is CCCNc1cnc(C(=O)Nc2ccccc2I)cn1. The first-order valence-electron chi connectivity index (χ1n) is 6.32. The summed E-state index contributed by atoms with van der Waals surface area (Å²) < 4.78 is 0.979. The first-order chi connectivity index (χ1) is 9.70.